The van der Waals surface area contributed by atoms with Gasteiger partial charge >= 0.3 is 0 Å². The molecule has 0 aliphatic heterocycles. The van der Waals surface area contributed by atoms with E-state index in [1.54, 1.807) is 42.6 Å². The van der Waals surface area contributed by atoms with Gasteiger partial charge in [0.2, 0.25) is 5.95 Å². The van der Waals surface area contributed by atoms with Gasteiger partial charge in [-0.3, -0.25) is 0 Å². The summed E-state index contributed by atoms with van der Waals surface area (Å²) < 4.78 is 12.9. The zero-order valence-corrected chi connectivity index (χ0v) is 12.7. The van der Waals surface area contributed by atoms with E-state index >= 15 is 0 Å². The van der Waals surface area contributed by atoms with E-state index in [0.29, 0.717) is 23.9 Å². The molecule has 0 aliphatic rings. The Hall–Kier alpha value is -3.46. The molecule has 0 atom stereocenters. The maximum atomic E-state index is 12.9. The first-order chi connectivity index (χ1) is 11.7. The maximum Gasteiger partial charge on any atom is 0.229 e. The number of hydrogen-bond donors (Lipinski definition) is 2. The minimum Gasteiger partial charge on any atom is -0.366 e. The van der Waals surface area contributed by atoms with E-state index in [1.807, 2.05) is 6.07 Å². The number of anilines is 3. The molecule has 0 bridgehead atoms. The van der Waals surface area contributed by atoms with Crippen LogP contribution in [0.15, 0.2) is 60.8 Å². The van der Waals surface area contributed by atoms with Gasteiger partial charge in [-0.2, -0.15) is 10.2 Å². The normalized spacial score (nSPS) is 10.0. The molecule has 118 valence electrons. The van der Waals surface area contributed by atoms with E-state index in [4.69, 9.17) is 5.26 Å². The van der Waals surface area contributed by atoms with Crippen molar-refractivity contribution in [2.75, 3.05) is 10.6 Å². The summed E-state index contributed by atoms with van der Waals surface area (Å²) in [5.74, 6) is 0.814. The second-order valence-corrected chi connectivity index (χ2v) is 5.06. The quantitative estimate of drug-likeness (QED) is 0.747. The van der Waals surface area contributed by atoms with Crippen LogP contribution >= 0.6 is 0 Å². The summed E-state index contributed by atoms with van der Waals surface area (Å²) in [7, 11) is 0. The maximum absolute atomic E-state index is 12.9. The molecule has 24 heavy (non-hydrogen) atoms. The fourth-order valence-corrected chi connectivity index (χ4v) is 2.11. The Balaban J connectivity index is 1.67. The number of hydrogen-bond acceptors (Lipinski definition) is 5. The van der Waals surface area contributed by atoms with Gasteiger partial charge in [-0.25, -0.2) is 9.37 Å². The second kappa shape index (κ2) is 7.20. The molecule has 0 amide bonds. The van der Waals surface area contributed by atoms with Crippen LogP contribution in [0.25, 0.3) is 0 Å². The number of aromatic nitrogens is 2. The third-order valence-electron chi connectivity index (χ3n) is 3.29. The molecule has 3 aromatic rings. The monoisotopic (exact) mass is 319 g/mol. The molecule has 3 rings (SSSR count). The van der Waals surface area contributed by atoms with Gasteiger partial charge in [0.25, 0.3) is 0 Å². The molecule has 0 saturated carbocycles. The highest BCUT2D eigenvalue weighted by atomic mass is 19.1. The van der Waals surface area contributed by atoms with Gasteiger partial charge in [0.05, 0.1) is 11.6 Å². The highest BCUT2D eigenvalue weighted by molar-refractivity contribution is 5.57. The van der Waals surface area contributed by atoms with E-state index in [2.05, 4.69) is 26.7 Å². The second-order valence-electron chi connectivity index (χ2n) is 5.06. The lowest BCUT2D eigenvalue weighted by molar-refractivity contribution is 0.627. The Morgan fingerprint density at radius 2 is 1.92 bits per heavy atom. The Morgan fingerprint density at radius 3 is 2.71 bits per heavy atom. The smallest absolute Gasteiger partial charge is 0.229 e. The summed E-state index contributed by atoms with van der Waals surface area (Å²) in [6.45, 7) is 0.528. The van der Waals surface area contributed by atoms with E-state index in [0.717, 1.165) is 11.3 Å². The summed E-state index contributed by atoms with van der Waals surface area (Å²) in [5.41, 5.74) is 2.25. The van der Waals surface area contributed by atoms with Crippen LogP contribution in [-0.2, 0) is 6.54 Å². The summed E-state index contributed by atoms with van der Waals surface area (Å²) in [6.07, 6.45) is 1.64. The van der Waals surface area contributed by atoms with Gasteiger partial charge in [0.1, 0.15) is 11.6 Å². The van der Waals surface area contributed by atoms with Crippen molar-refractivity contribution < 1.29 is 4.39 Å². The number of nitriles is 1. The molecular weight excluding hydrogens is 305 g/mol. The summed E-state index contributed by atoms with van der Waals surface area (Å²) in [6, 6.07) is 17.2. The third kappa shape index (κ3) is 4.05. The van der Waals surface area contributed by atoms with Crippen molar-refractivity contribution in [3.8, 4) is 6.07 Å². The lowest BCUT2D eigenvalue weighted by Gasteiger charge is -2.08. The standard InChI is InChI=1S/C18H14FN5/c19-15-6-4-13(5-7-15)12-22-17-8-9-21-18(24-17)23-16-3-1-2-14(10-16)11-20/h1-10H,12H2,(H2,21,22,23,24). The number of rotatable bonds is 5. The molecule has 0 fully saturated rings. The fourth-order valence-electron chi connectivity index (χ4n) is 2.11. The Bertz CT molecular complexity index is 871. The van der Waals surface area contributed by atoms with E-state index < -0.39 is 0 Å². The molecule has 5 nitrogen and oxygen atoms in total. The van der Waals surface area contributed by atoms with E-state index in [1.165, 1.54) is 12.1 Å². The van der Waals surface area contributed by atoms with Gasteiger partial charge in [-0.05, 0) is 42.0 Å². The summed E-state index contributed by atoms with van der Waals surface area (Å²) in [5, 5.41) is 15.2. The van der Waals surface area contributed by atoms with Crippen LogP contribution in [0.1, 0.15) is 11.1 Å². The van der Waals surface area contributed by atoms with Crippen LogP contribution in [0.2, 0.25) is 0 Å². The van der Waals surface area contributed by atoms with Crippen LogP contribution in [0, 0.1) is 17.1 Å². The minimum absolute atomic E-state index is 0.258. The average molecular weight is 319 g/mol. The van der Waals surface area contributed by atoms with Crippen LogP contribution in [0.4, 0.5) is 21.8 Å². The van der Waals surface area contributed by atoms with Crippen molar-refractivity contribution in [3.63, 3.8) is 0 Å². The molecule has 2 N–H and O–H groups in total. The molecule has 0 spiro atoms. The molecule has 1 aromatic heterocycles. The Morgan fingerprint density at radius 1 is 1.08 bits per heavy atom. The largest absolute Gasteiger partial charge is 0.366 e. The third-order valence-corrected chi connectivity index (χ3v) is 3.29. The Labute approximate surface area is 138 Å². The van der Waals surface area contributed by atoms with E-state index in [9.17, 15) is 4.39 Å². The van der Waals surface area contributed by atoms with Crippen LogP contribution in [0.3, 0.4) is 0 Å². The van der Waals surface area contributed by atoms with Crippen molar-refractivity contribution in [3.05, 3.63) is 77.7 Å². The zero-order valence-electron chi connectivity index (χ0n) is 12.7. The van der Waals surface area contributed by atoms with Crippen molar-refractivity contribution in [1.82, 2.24) is 9.97 Å². The molecular formula is C18H14FN5. The predicted molar refractivity (Wildman–Crippen MR) is 90.2 cm³/mol. The number of nitrogens with one attached hydrogen (secondary N) is 2. The number of nitrogens with zero attached hydrogens (tertiary/aromatic N) is 3. The van der Waals surface area contributed by atoms with Crippen molar-refractivity contribution >= 4 is 17.5 Å². The highest BCUT2D eigenvalue weighted by Crippen LogP contribution is 2.16. The molecule has 6 heteroatoms. The van der Waals surface area contributed by atoms with Crippen molar-refractivity contribution in [2.45, 2.75) is 6.54 Å². The first kappa shape index (κ1) is 15.4. The van der Waals surface area contributed by atoms with Gasteiger partial charge in [-0.1, -0.05) is 18.2 Å². The van der Waals surface area contributed by atoms with Crippen molar-refractivity contribution in [2.24, 2.45) is 0 Å². The molecule has 0 unspecified atom stereocenters. The molecule has 2 aromatic carbocycles. The molecule has 0 saturated heterocycles. The number of halogens is 1. The summed E-state index contributed by atoms with van der Waals surface area (Å²) in [4.78, 5) is 8.53. The lowest BCUT2D eigenvalue weighted by atomic mass is 10.2. The van der Waals surface area contributed by atoms with Crippen LogP contribution < -0.4 is 10.6 Å². The van der Waals surface area contributed by atoms with Gasteiger partial charge < -0.3 is 10.6 Å². The van der Waals surface area contributed by atoms with Crippen molar-refractivity contribution in [1.29, 1.82) is 5.26 Å². The van der Waals surface area contributed by atoms with E-state index in [-0.39, 0.29) is 5.82 Å². The molecule has 0 aliphatic carbocycles. The molecule has 0 radical (unpaired) electrons. The number of benzene rings is 2. The SMILES string of the molecule is N#Cc1cccc(Nc2nccc(NCc3ccc(F)cc3)n2)c1. The zero-order chi connectivity index (χ0) is 16.8. The average Bonchev–Trinajstić information content (AvgIpc) is 2.62. The highest BCUT2D eigenvalue weighted by Gasteiger charge is 2.02. The first-order valence-electron chi connectivity index (χ1n) is 7.31. The predicted octanol–water partition coefficient (Wildman–Crippen LogP) is 3.84. The first-order valence-corrected chi connectivity index (χ1v) is 7.31. The topological polar surface area (TPSA) is 73.6 Å². The van der Waals surface area contributed by atoms with Crippen LogP contribution in [-0.4, -0.2) is 9.97 Å². The van der Waals surface area contributed by atoms with Gasteiger partial charge in [0.15, 0.2) is 0 Å². The van der Waals surface area contributed by atoms with Gasteiger partial charge in [0, 0.05) is 18.4 Å². The minimum atomic E-state index is -0.258. The van der Waals surface area contributed by atoms with Gasteiger partial charge in [-0.15, -0.1) is 0 Å². The summed E-state index contributed by atoms with van der Waals surface area (Å²) >= 11 is 0. The lowest BCUT2D eigenvalue weighted by Crippen LogP contribution is -2.04. The fraction of sp³-hybridized carbons (Fsp3) is 0.0556. The Kier molecular flexibility index (Phi) is 4.63. The molecule has 1 heterocycles. The van der Waals surface area contributed by atoms with Crippen LogP contribution in [0.5, 0.6) is 0 Å².